The van der Waals surface area contributed by atoms with Crippen molar-refractivity contribution < 1.29 is 0 Å². The molecule has 108 valence electrons. The van der Waals surface area contributed by atoms with Gasteiger partial charge in [0.1, 0.15) is 0 Å². The van der Waals surface area contributed by atoms with Crippen molar-refractivity contribution in [2.45, 2.75) is 26.7 Å². The minimum Gasteiger partial charge on any atom is -0.306 e. The molecule has 2 heteroatoms. The number of thioether (sulfide) groups is 1. The maximum Gasteiger partial charge on any atom is 0.0148 e. The Balaban J connectivity index is 2.06. The van der Waals surface area contributed by atoms with E-state index < -0.39 is 0 Å². The number of allylic oxidation sites excluding steroid dienone is 3. The summed E-state index contributed by atoms with van der Waals surface area (Å²) in [4.78, 5) is 5.34. The predicted molar refractivity (Wildman–Crippen MR) is 91.7 cm³/mol. The van der Waals surface area contributed by atoms with Crippen LogP contribution in [0.25, 0.3) is 4.91 Å². The highest BCUT2D eigenvalue weighted by Gasteiger charge is 2.21. The van der Waals surface area contributed by atoms with Crippen LogP contribution in [0.4, 0.5) is 0 Å². The Morgan fingerprint density at radius 2 is 1.75 bits per heavy atom. The first-order valence-corrected chi connectivity index (χ1v) is 8.30. The van der Waals surface area contributed by atoms with Gasteiger partial charge in [-0.05, 0) is 63.2 Å². The normalized spacial score (nSPS) is 19.4. The van der Waals surface area contributed by atoms with Gasteiger partial charge in [0.2, 0.25) is 0 Å². The first kappa shape index (κ1) is 15.4. The monoisotopic (exact) mass is 287 g/mol. The lowest BCUT2D eigenvalue weighted by atomic mass is 9.96. The Labute approximate surface area is 127 Å². The molecule has 1 saturated heterocycles. The summed E-state index contributed by atoms with van der Waals surface area (Å²) in [6, 6.07) is 10.7. The fraction of sp³-hybridized carbons (Fsp3) is 0.444. The fourth-order valence-corrected chi connectivity index (χ4v) is 3.83. The highest BCUT2D eigenvalue weighted by atomic mass is 32.2. The largest absolute Gasteiger partial charge is 0.306 e. The number of benzene rings is 1. The molecule has 2 rings (SSSR count). The van der Waals surface area contributed by atoms with Gasteiger partial charge in [-0.1, -0.05) is 54.2 Å². The van der Waals surface area contributed by atoms with Crippen LogP contribution in [0.15, 0.2) is 47.4 Å². The summed E-state index contributed by atoms with van der Waals surface area (Å²) in [5.41, 5.74) is 1.33. The Morgan fingerprint density at radius 3 is 2.30 bits per heavy atom. The molecule has 0 amide bonds. The molecule has 0 aromatic heterocycles. The lowest BCUT2D eigenvalue weighted by Gasteiger charge is -2.30. The van der Waals surface area contributed by atoms with E-state index in [0.717, 1.165) is 5.92 Å². The zero-order valence-electron chi connectivity index (χ0n) is 12.8. The maximum absolute atomic E-state index is 2.43. The lowest BCUT2D eigenvalue weighted by Crippen LogP contribution is -2.30. The molecule has 1 fully saturated rings. The molecule has 0 atom stereocenters. The standard InChI is InChI=1S/C18H25NS/c1-4-17(15-9-7-6-8-10-15)20-18(5-2)16-11-13-19(3)14-12-16/h4-10,16H,11-14H2,1-3H3/b17-4-,18-5-. The van der Waals surface area contributed by atoms with Crippen LogP contribution >= 0.6 is 11.8 Å². The van der Waals surface area contributed by atoms with Gasteiger partial charge in [-0.3, -0.25) is 0 Å². The summed E-state index contributed by atoms with van der Waals surface area (Å²) in [5, 5.41) is 0. The predicted octanol–water partition coefficient (Wildman–Crippen LogP) is 5.03. The molecule has 1 heterocycles. The zero-order valence-corrected chi connectivity index (χ0v) is 13.6. The Morgan fingerprint density at radius 1 is 1.10 bits per heavy atom. The number of likely N-dealkylation sites (tertiary alicyclic amines) is 1. The van der Waals surface area contributed by atoms with Crippen LogP contribution in [0.5, 0.6) is 0 Å². The van der Waals surface area contributed by atoms with Gasteiger partial charge in [-0.15, -0.1) is 0 Å². The van der Waals surface area contributed by atoms with Gasteiger partial charge in [0.25, 0.3) is 0 Å². The third kappa shape index (κ3) is 4.00. The molecule has 0 radical (unpaired) electrons. The summed E-state index contributed by atoms with van der Waals surface area (Å²) in [6.07, 6.45) is 7.12. The second-order valence-electron chi connectivity index (χ2n) is 5.39. The van der Waals surface area contributed by atoms with Crippen LogP contribution < -0.4 is 0 Å². The summed E-state index contributed by atoms with van der Waals surface area (Å²) in [5.74, 6) is 0.736. The van der Waals surface area contributed by atoms with Crippen molar-refractivity contribution in [3.05, 3.63) is 53.0 Å². The van der Waals surface area contributed by atoms with Crippen molar-refractivity contribution in [1.82, 2.24) is 4.90 Å². The highest BCUT2D eigenvalue weighted by Crippen LogP contribution is 2.40. The number of piperidine rings is 1. The topological polar surface area (TPSA) is 3.24 Å². The minimum atomic E-state index is 0.736. The van der Waals surface area contributed by atoms with Crippen LogP contribution in [0.1, 0.15) is 32.3 Å². The third-order valence-corrected chi connectivity index (χ3v) is 5.45. The van der Waals surface area contributed by atoms with Crippen LogP contribution in [0.3, 0.4) is 0 Å². The molecule has 1 aromatic carbocycles. The summed E-state index contributed by atoms with van der Waals surface area (Å²) >= 11 is 1.95. The van der Waals surface area contributed by atoms with Crippen LogP contribution in [0, 0.1) is 5.92 Å². The van der Waals surface area contributed by atoms with Gasteiger partial charge in [-0.2, -0.15) is 0 Å². The number of nitrogens with zero attached hydrogens (tertiary/aromatic N) is 1. The van der Waals surface area contributed by atoms with E-state index in [4.69, 9.17) is 0 Å². The lowest BCUT2D eigenvalue weighted by molar-refractivity contribution is 0.242. The second kappa shape index (κ2) is 7.70. The molecule has 20 heavy (non-hydrogen) atoms. The SMILES string of the molecule is C/C=C(\S/C(=C\C)C1CCN(C)CC1)c1ccccc1. The van der Waals surface area contributed by atoms with E-state index in [2.05, 4.69) is 68.3 Å². The van der Waals surface area contributed by atoms with Crippen LogP contribution in [0.2, 0.25) is 0 Å². The van der Waals surface area contributed by atoms with Crippen molar-refractivity contribution in [2.75, 3.05) is 20.1 Å². The van der Waals surface area contributed by atoms with E-state index in [1.54, 1.807) is 0 Å². The molecule has 1 aromatic rings. The first-order valence-electron chi connectivity index (χ1n) is 7.49. The molecular formula is C18H25NS. The van der Waals surface area contributed by atoms with E-state index in [1.165, 1.54) is 41.3 Å². The van der Waals surface area contributed by atoms with Gasteiger partial charge >= 0.3 is 0 Å². The van der Waals surface area contributed by atoms with Gasteiger partial charge in [-0.25, -0.2) is 0 Å². The smallest absolute Gasteiger partial charge is 0.0148 e. The van der Waals surface area contributed by atoms with E-state index in [9.17, 15) is 0 Å². The quantitative estimate of drug-likeness (QED) is 0.764. The van der Waals surface area contributed by atoms with Crippen LogP contribution in [-0.4, -0.2) is 25.0 Å². The van der Waals surface area contributed by atoms with E-state index in [0.29, 0.717) is 0 Å². The summed E-state index contributed by atoms with van der Waals surface area (Å²) in [7, 11) is 2.22. The van der Waals surface area contributed by atoms with Gasteiger partial charge in [0.05, 0.1) is 0 Å². The van der Waals surface area contributed by atoms with Crippen molar-refractivity contribution >= 4 is 16.7 Å². The first-order chi connectivity index (χ1) is 9.74. The molecule has 0 spiro atoms. The van der Waals surface area contributed by atoms with Crippen molar-refractivity contribution in [1.29, 1.82) is 0 Å². The average Bonchev–Trinajstić information content (AvgIpc) is 2.51. The van der Waals surface area contributed by atoms with Crippen molar-refractivity contribution in [3.8, 4) is 0 Å². The number of hydrogen-bond donors (Lipinski definition) is 0. The van der Waals surface area contributed by atoms with Crippen LogP contribution in [-0.2, 0) is 0 Å². The fourth-order valence-electron chi connectivity index (χ4n) is 2.68. The van der Waals surface area contributed by atoms with E-state index in [-0.39, 0.29) is 0 Å². The Hall–Kier alpha value is -0.990. The van der Waals surface area contributed by atoms with Crippen molar-refractivity contribution in [2.24, 2.45) is 5.92 Å². The van der Waals surface area contributed by atoms with Gasteiger partial charge in [0, 0.05) is 4.91 Å². The molecule has 0 saturated carbocycles. The number of hydrogen-bond acceptors (Lipinski definition) is 2. The molecule has 0 unspecified atom stereocenters. The molecule has 0 aliphatic carbocycles. The maximum atomic E-state index is 2.43. The molecule has 1 aliphatic rings. The molecule has 1 nitrogen and oxygen atoms in total. The minimum absolute atomic E-state index is 0.736. The van der Waals surface area contributed by atoms with Crippen molar-refractivity contribution in [3.63, 3.8) is 0 Å². The molecule has 0 N–H and O–H groups in total. The third-order valence-electron chi connectivity index (χ3n) is 3.95. The van der Waals surface area contributed by atoms with E-state index >= 15 is 0 Å². The molecule has 0 bridgehead atoms. The zero-order chi connectivity index (χ0) is 14.4. The van der Waals surface area contributed by atoms with Gasteiger partial charge in [0.15, 0.2) is 0 Å². The Bertz CT molecular complexity index is 467. The molecule has 1 aliphatic heterocycles. The average molecular weight is 287 g/mol. The van der Waals surface area contributed by atoms with E-state index in [1.807, 2.05) is 11.8 Å². The summed E-state index contributed by atoms with van der Waals surface area (Å²) in [6.45, 7) is 6.76. The number of rotatable bonds is 4. The Kier molecular flexibility index (Phi) is 5.93. The van der Waals surface area contributed by atoms with Gasteiger partial charge < -0.3 is 4.90 Å². The molecular weight excluding hydrogens is 262 g/mol. The summed E-state index contributed by atoms with van der Waals surface area (Å²) < 4.78 is 0. The second-order valence-corrected chi connectivity index (χ2v) is 6.50. The highest BCUT2D eigenvalue weighted by molar-refractivity contribution is 8.11.